The minimum absolute atomic E-state index is 0.476. The summed E-state index contributed by atoms with van der Waals surface area (Å²) in [4.78, 5) is 14.1. The van der Waals surface area contributed by atoms with Gasteiger partial charge >= 0.3 is 0 Å². The fourth-order valence-corrected chi connectivity index (χ4v) is 3.44. The van der Waals surface area contributed by atoms with Crippen LogP contribution >= 0.6 is 0 Å². The third kappa shape index (κ3) is 3.31. The van der Waals surface area contributed by atoms with Gasteiger partial charge < -0.3 is 4.90 Å². The van der Waals surface area contributed by atoms with E-state index in [1.54, 1.807) is 0 Å². The number of nitrogens with zero attached hydrogens (tertiary/aromatic N) is 1. The number of Topliss-reactive ketones (excluding diaryl/α,β-unsaturated/α-hetero) is 1. The van der Waals surface area contributed by atoms with Crippen molar-refractivity contribution in [1.82, 2.24) is 4.90 Å². The van der Waals surface area contributed by atoms with Gasteiger partial charge in [-0.05, 0) is 51.0 Å². The van der Waals surface area contributed by atoms with Gasteiger partial charge in [-0.3, -0.25) is 4.79 Å². The third-order valence-corrected chi connectivity index (χ3v) is 4.92. The van der Waals surface area contributed by atoms with Crippen LogP contribution in [0.15, 0.2) is 0 Å². The van der Waals surface area contributed by atoms with Crippen molar-refractivity contribution in [2.24, 2.45) is 5.41 Å². The molecule has 2 nitrogen and oxygen atoms in total. The highest BCUT2D eigenvalue weighted by atomic mass is 16.1. The summed E-state index contributed by atoms with van der Waals surface area (Å²) in [6.45, 7) is 4.76. The molecular formula is C15H27NO. The molecule has 0 aromatic rings. The lowest BCUT2D eigenvalue weighted by molar-refractivity contribution is -0.122. The van der Waals surface area contributed by atoms with Gasteiger partial charge in [0.05, 0.1) is 0 Å². The van der Waals surface area contributed by atoms with Gasteiger partial charge in [-0.25, -0.2) is 0 Å². The molecule has 0 bridgehead atoms. The van der Waals surface area contributed by atoms with Crippen molar-refractivity contribution >= 4 is 5.78 Å². The second kappa shape index (κ2) is 5.09. The Balaban J connectivity index is 1.87. The van der Waals surface area contributed by atoms with E-state index in [1.807, 2.05) is 0 Å². The molecule has 2 saturated carbocycles. The highest BCUT2D eigenvalue weighted by molar-refractivity contribution is 5.79. The van der Waals surface area contributed by atoms with Crippen molar-refractivity contribution in [3.63, 3.8) is 0 Å². The Morgan fingerprint density at radius 2 is 1.76 bits per heavy atom. The van der Waals surface area contributed by atoms with Crippen LogP contribution in [0.4, 0.5) is 0 Å². The maximum absolute atomic E-state index is 11.5. The highest BCUT2D eigenvalue weighted by Crippen LogP contribution is 2.37. The first kappa shape index (κ1) is 13.1. The van der Waals surface area contributed by atoms with E-state index in [1.165, 1.54) is 32.1 Å². The van der Waals surface area contributed by atoms with Crippen LogP contribution in [-0.2, 0) is 4.79 Å². The molecule has 0 spiro atoms. The molecule has 0 radical (unpaired) electrons. The van der Waals surface area contributed by atoms with Gasteiger partial charge in [0.2, 0.25) is 0 Å². The first-order valence-electron chi connectivity index (χ1n) is 7.21. The summed E-state index contributed by atoms with van der Waals surface area (Å²) in [5.74, 6) is 0.476. The predicted octanol–water partition coefficient (Wildman–Crippen LogP) is 3.40. The first-order valence-corrected chi connectivity index (χ1v) is 7.21. The molecule has 0 amide bonds. The summed E-state index contributed by atoms with van der Waals surface area (Å²) in [5, 5.41) is 0. The Labute approximate surface area is 106 Å². The lowest BCUT2D eigenvalue weighted by Crippen LogP contribution is -2.45. The van der Waals surface area contributed by atoms with E-state index < -0.39 is 0 Å². The maximum Gasteiger partial charge on any atom is 0.134 e. The molecule has 0 N–H and O–H groups in total. The quantitative estimate of drug-likeness (QED) is 0.733. The number of rotatable bonds is 2. The van der Waals surface area contributed by atoms with Crippen LogP contribution in [0.1, 0.15) is 65.2 Å². The molecule has 2 rings (SSSR count). The second-order valence-corrected chi connectivity index (χ2v) is 6.85. The summed E-state index contributed by atoms with van der Waals surface area (Å²) in [6.07, 6.45) is 9.25. The summed E-state index contributed by atoms with van der Waals surface area (Å²) >= 11 is 0. The van der Waals surface area contributed by atoms with Crippen LogP contribution in [0, 0.1) is 5.41 Å². The maximum atomic E-state index is 11.5. The number of hydrogen-bond acceptors (Lipinski definition) is 2. The van der Waals surface area contributed by atoms with E-state index in [0.717, 1.165) is 25.3 Å². The molecule has 1 unspecified atom stereocenters. The standard InChI is InChI=1S/C15H27NO/c1-15(2)9-7-12(8-10-15)16(3)13-5-4-6-14(17)11-13/h12-13H,4-11H2,1-3H3. The molecule has 98 valence electrons. The topological polar surface area (TPSA) is 20.3 Å². The molecule has 0 heterocycles. The normalized spacial score (nSPS) is 30.8. The Morgan fingerprint density at radius 1 is 1.12 bits per heavy atom. The lowest BCUT2D eigenvalue weighted by atomic mass is 9.75. The van der Waals surface area contributed by atoms with E-state index in [4.69, 9.17) is 0 Å². The molecular weight excluding hydrogens is 210 g/mol. The van der Waals surface area contributed by atoms with Gasteiger partial charge in [-0.1, -0.05) is 13.8 Å². The van der Waals surface area contributed by atoms with Gasteiger partial charge in [-0.2, -0.15) is 0 Å². The minimum Gasteiger partial charge on any atom is -0.300 e. The summed E-state index contributed by atoms with van der Waals surface area (Å²) in [5.41, 5.74) is 0.541. The molecule has 0 saturated heterocycles. The fraction of sp³-hybridized carbons (Fsp3) is 0.933. The van der Waals surface area contributed by atoms with Crippen molar-refractivity contribution in [1.29, 1.82) is 0 Å². The van der Waals surface area contributed by atoms with Crippen LogP contribution in [0.5, 0.6) is 0 Å². The number of ketones is 1. The van der Waals surface area contributed by atoms with Gasteiger partial charge in [0.1, 0.15) is 5.78 Å². The molecule has 2 aliphatic rings. The van der Waals surface area contributed by atoms with Gasteiger partial charge in [0, 0.05) is 24.9 Å². The van der Waals surface area contributed by atoms with Gasteiger partial charge in [0.15, 0.2) is 0 Å². The van der Waals surface area contributed by atoms with Crippen LogP contribution in [0.3, 0.4) is 0 Å². The lowest BCUT2D eigenvalue weighted by Gasteiger charge is -2.42. The highest BCUT2D eigenvalue weighted by Gasteiger charge is 2.32. The third-order valence-electron chi connectivity index (χ3n) is 4.92. The van der Waals surface area contributed by atoms with Crippen LogP contribution in [0.25, 0.3) is 0 Å². The van der Waals surface area contributed by atoms with Gasteiger partial charge in [-0.15, -0.1) is 0 Å². The predicted molar refractivity (Wildman–Crippen MR) is 71.1 cm³/mol. The number of carbonyl (C=O) groups excluding carboxylic acids is 1. The van der Waals surface area contributed by atoms with Crippen molar-refractivity contribution in [3.8, 4) is 0 Å². The minimum atomic E-state index is 0.476. The molecule has 1 atom stereocenters. The van der Waals surface area contributed by atoms with E-state index in [2.05, 4.69) is 25.8 Å². The molecule has 0 aliphatic heterocycles. The molecule has 2 aliphatic carbocycles. The summed E-state index contributed by atoms with van der Waals surface area (Å²) < 4.78 is 0. The van der Waals surface area contributed by atoms with E-state index in [9.17, 15) is 4.79 Å². The van der Waals surface area contributed by atoms with Crippen molar-refractivity contribution < 1.29 is 4.79 Å². The summed E-state index contributed by atoms with van der Waals surface area (Å²) in [6, 6.07) is 1.25. The Hall–Kier alpha value is -0.370. The fourth-order valence-electron chi connectivity index (χ4n) is 3.44. The molecule has 0 aromatic carbocycles. The monoisotopic (exact) mass is 237 g/mol. The van der Waals surface area contributed by atoms with Crippen LogP contribution < -0.4 is 0 Å². The van der Waals surface area contributed by atoms with E-state index in [0.29, 0.717) is 17.2 Å². The van der Waals surface area contributed by atoms with Crippen LogP contribution in [0.2, 0.25) is 0 Å². The molecule has 17 heavy (non-hydrogen) atoms. The van der Waals surface area contributed by atoms with Crippen molar-refractivity contribution in [2.75, 3.05) is 7.05 Å². The zero-order chi connectivity index (χ0) is 12.5. The second-order valence-electron chi connectivity index (χ2n) is 6.85. The Bertz CT molecular complexity index is 275. The molecule has 2 heteroatoms. The Kier molecular flexibility index (Phi) is 3.92. The van der Waals surface area contributed by atoms with E-state index >= 15 is 0 Å². The van der Waals surface area contributed by atoms with Crippen LogP contribution in [-0.4, -0.2) is 29.8 Å². The zero-order valence-electron chi connectivity index (χ0n) is 11.7. The average molecular weight is 237 g/mol. The first-order chi connectivity index (χ1) is 7.98. The van der Waals surface area contributed by atoms with Gasteiger partial charge in [0.25, 0.3) is 0 Å². The number of carbonyl (C=O) groups is 1. The van der Waals surface area contributed by atoms with Crippen molar-refractivity contribution in [3.05, 3.63) is 0 Å². The molecule has 0 aromatic heterocycles. The average Bonchev–Trinajstić information content (AvgIpc) is 2.28. The van der Waals surface area contributed by atoms with E-state index in [-0.39, 0.29) is 0 Å². The smallest absolute Gasteiger partial charge is 0.134 e. The zero-order valence-corrected chi connectivity index (χ0v) is 11.7. The largest absolute Gasteiger partial charge is 0.300 e. The Morgan fingerprint density at radius 3 is 2.35 bits per heavy atom. The SMILES string of the molecule is CN(C1CCC(C)(C)CC1)C1CCCC(=O)C1. The molecule has 2 fully saturated rings. The number of hydrogen-bond donors (Lipinski definition) is 0. The van der Waals surface area contributed by atoms with Crippen molar-refractivity contribution in [2.45, 2.75) is 77.3 Å². The summed E-state index contributed by atoms with van der Waals surface area (Å²) in [7, 11) is 2.24.